The van der Waals surface area contributed by atoms with Crippen LogP contribution in [-0.2, 0) is 16.0 Å². The molecule has 25 heavy (non-hydrogen) atoms. The van der Waals surface area contributed by atoms with Crippen LogP contribution in [0.5, 0.6) is 0 Å². The van der Waals surface area contributed by atoms with E-state index in [1.165, 1.54) is 16.2 Å². The van der Waals surface area contributed by atoms with Gasteiger partial charge in [-0.15, -0.1) is 11.3 Å². The summed E-state index contributed by atoms with van der Waals surface area (Å²) in [4.78, 5) is 39.6. The molecule has 1 aromatic carbocycles. The third-order valence-electron chi connectivity index (χ3n) is 3.75. The Balaban J connectivity index is 1.64. The van der Waals surface area contributed by atoms with Gasteiger partial charge in [-0.25, -0.2) is 9.69 Å². The lowest BCUT2D eigenvalue weighted by Gasteiger charge is -2.15. The number of amides is 4. The average Bonchev–Trinajstić information content (AvgIpc) is 3.09. The van der Waals surface area contributed by atoms with Crippen LogP contribution in [0.15, 0.2) is 35.7 Å². The summed E-state index contributed by atoms with van der Waals surface area (Å²) in [5, 5.41) is 5.30. The second-order valence-corrected chi connectivity index (χ2v) is 7.13. The van der Waals surface area contributed by atoms with E-state index in [-0.39, 0.29) is 24.4 Å². The molecule has 1 aromatic heterocycles. The summed E-state index contributed by atoms with van der Waals surface area (Å²) in [5.74, 6) is -0.427. The van der Waals surface area contributed by atoms with Gasteiger partial charge in [0.25, 0.3) is 5.91 Å². The molecule has 0 radical (unpaired) electrons. The highest BCUT2D eigenvalue weighted by Crippen LogP contribution is 2.24. The zero-order valence-electron chi connectivity index (χ0n) is 13.5. The number of nitrogens with one attached hydrogen (secondary N) is 1. The van der Waals surface area contributed by atoms with Crippen molar-refractivity contribution in [2.45, 2.75) is 12.8 Å². The fourth-order valence-electron chi connectivity index (χ4n) is 2.54. The fourth-order valence-corrected chi connectivity index (χ4v) is 3.62. The number of carbonyl (C=O) groups excluding carboxylic acids is 3. The summed E-state index contributed by atoms with van der Waals surface area (Å²) in [6, 6.07) is 8.18. The molecular formula is C17H16ClN3O3S. The number of anilines is 2. The molecule has 2 heterocycles. The van der Waals surface area contributed by atoms with E-state index >= 15 is 0 Å². The van der Waals surface area contributed by atoms with Crippen molar-refractivity contribution in [3.63, 3.8) is 0 Å². The van der Waals surface area contributed by atoms with Gasteiger partial charge in [-0.3, -0.25) is 9.59 Å². The number of rotatable bonds is 5. The van der Waals surface area contributed by atoms with E-state index in [9.17, 15) is 14.4 Å². The van der Waals surface area contributed by atoms with Crippen molar-refractivity contribution in [2.24, 2.45) is 0 Å². The van der Waals surface area contributed by atoms with Crippen LogP contribution in [0.4, 0.5) is 16.2 Å². The average molecular weight is 378 g/mol. The van der Waals surface area contributed by atoms with Gasteiger partial charge in [0.1, 0.15) is 6.54 Å². The van der Waals surface area contributed by atoms with Gasteiger partial charge >= 0.3 is 6.03 Å². The second kappa shape index (κ2) is 7.25. The summed E-state index contributed by atoms with van der Waals surface area (Å²) in [6.45, 7) is 0.0544. The molecule has 0 saturated carbocycles. The lowest BCUT2D eigenvalue weighted by Crippen LogP contribution is -2.31. The number of imide groups is 1. The SMILES string of the molecule is CN1CC(=O)N(c2cccc(NC(=O)CCc3cc(Cl)cs3)c2)C1=O. The number of hydrogen-bond donors (Lipinski definition) is 1. The zero-order chi connectivity index (χ0) is 18.0. The van der Waals surface area contributed by atoms with Gasteiger partial charge in [0.15, 0.2) is 0 Å². The Morgan fingerprint density at radius 3 is 2.76 bits per heavy atom. The third kappa shape index (κ3) is 4.00. The Kier molecular flexibility index (Phi) is 5.06. The predicted molar refractivity (Wildman–Crippen MR) is 98.2 cm³/mol. The lowest BCUT2D eigenvalue weighted by atomic mass is 10.2. The monoisotopic (exact) mass is 377 g/mol. The van der Waals surface area contributed by atoms with Gasteiger partial charge in [-0.05, 0) is 30.7 Å². The third-order valence-corrected chi connectivity index (χ3v) is 5.09. The van der Waals surface area contributed by atoms with Crippen LogP contribution in [0, 0.1) is 0 Å². The van der Waals surface area contributed by atoms with E-state index in [0.29, 0.717) is 29.2 Å². The Bertz CT molecular complexity index is 836. The molecule has 130 valence electrons. The maximum Gasteiger partial charge on any atom is 0.331 e. The molecule has 1 N–H and O–H groups in total. The van der Waals surface area contributed by atoms with Gasteiger partial charge in [0.2, 0.25) is 5.91 Å². The molecule has 6 nitrogen and oxygen atoms in total. The molecule has 0 aliphatic carbocycles. The molecule has 8 heteroatoms. The summed E-state index contributed by atoms with van der Waals surface area (Å²) in [5.41, 5.74) is 0.990. The van der Waals surface area contributed by atoms with Crippen molar-refractivity contribution < 1.29 is 14.4 Å². The Morgan fingerprint density at radius 2 is 2.12 bits per heavy atom. The number of halogens is 1. The Morgan fingerprint density at radius 1 is 1.32 bits per heavy atom. The molecule has 3 rings (SSSR count). The van der Waals surface area contributed by atoms with Crippen LogP contribution in [0.2, 0.25) is 5.02 Å². The quantitative estimate of drug-likeness (QED) is 0.812. The molecule has 0 unspecified atom stereocenters. The normalized spacial score (nSPS) is 14.3. The minimum absolute atomic E-state index is 0.0544. The molecular weight excluding hydrogens is 362 g/mol. The number of nitrogens with zero attached hydrogens (tertiary/aromatic N) is 2. The first kappa shape index (κ1) is 17.4. The molecule has 4 amide bonds. The largest absolute Gasteiger partial charge is 0.331 e. The first-order valence-corrected chi connectivity index (χ1v) is 8.90. The predicted octanol–water partition coefficient (Wildman–Crippen LogP) is 3.37. The smallest absolute Gasteiger partial charge is 0.326 e. The highest BCUT2D eigenvalue weighted by Gasteiger charge is 2.34. The van der Waals surface area contributed by atoms with E-state index in [2.05, 4.69) is 5.32 Å². The van der Waals surface area contributed by atoms with Gasteiger partial charge in [0.05, 0.1) is 10.7 Å². The first-order chi connectivity index (χ1) is 11.9. The van der Waals surface area contributed by atoms with Crippen molar-refractivity contribution in [1.82, 2.24) is 4.90 Å². The van der Waals surface area contributed by atoms with Crippen LogP contribution in [0.25, 0.3) is 0 Å². The minimum atomic E-state index is -0.372. The number of urea groups is 1. The van der Waals surface area contributed by atoms with E-state index < -0.39 is 0 Å². The van der Waals surface area contributed by atoms with Crippen LogP contribution in [0.1, 0.15) is 11.3 Å². The standard InChI is InChI=1S/C17H16ClN3O3S/c1-20-9-16(23)21(17(20)24)13-4-2-3-12(8-13)19-15(22)6-5-14-7-11(18)10-25-14/h2-4,7-8,10H,5-6,9H2,1H3,(H,19,22). The summed E-state index contributed by atoms with van der Waals surface area (Å²) >= 11 is 7.39. The summed E-state index contributed by atoms with van der Waals surface area (Å²) < 4.78 is 0. The number of carbonyl (C=O) groups is 3. The molecule has 1 saturated heterocycles. The van der Waals surface area contributed by atoms with Gasteiger partial charge < -0.3 is 10.2 Å². The van der Waals surface area contributed by atoms with Crippen molar-refractivity contribution >= 4 is 52.2 Å². The first-order valence-electron chi connectivity index (χ1n) is 7.65. The number of hydrogen-bond acceptors (Lipinski definition) is 4. The molecule has 1 aliphatic heterocycles. The summed E-state index contributed by atoms with van der Waals surface area (Å²) in [6.07, 6.45) is 0.933. The molecule has 1 fully saturated rings. The molecule has 0 bridgehead atoms. The van der Waals surface area contributed by atoms with Gasteiger partial charge in [-0.1, -0.05) is 17.7 Å². The highest BCUT2D eigenvalue weighted by atomic mass is 35.5. The number of aryl methyl sites for hydroxylation is 1. The molecule has 0 atom stereocenters. The Hall–Kier alpha value is -2.38. The molecule has 2 aromatic rings. The molecule has 0 spiro atoms. The molecule has 1 aliphatic rings. The van der Waals surface area contributed by atoms with Crippen LogP contribution < -0.4 is 10.2 Å². The van der Waals surface area contributed by atoms with Crippen molar-refractivity contribution in [2.75, 3.05) is 23.8 Å². The van der Waals surface area contributed by atoms with Crippen LogP contribution in [-0.4, -0.2) is 36.3 Å². The van der Waals surface area contributed by atoms with E-state index in [1.54, 1.807) is 31.3 Å². The number of thiophene rings is 1. The fraction of sp³-hybridized carbons (Fsp3) is 0.235. The van der Waals surface area contributed by atoms with E-state index in [0.717, 1.165) is 9.78 Å². The highest BCUT2D eigenvalue weighted by molar-refractivity contribution is 7.10. The van der Waals surface area contributed by atoms with Crippen molar-refractivity contribution in [1.29, 1.82) is 0 Å². The topological polar surface area (TPSA) is 69.7 Å². The maximum atomic E-state index is 12.1. The van der Waals surface area contributed by atoms with Crippen molar-refractivity contribution in [3.8, 4) is 0 Å². The zero-order valence-corrected chi connectivity index (χ0v) is 15.1. The number of benzene rings is 1. The van der Waals surface area contributed by atoms with Crippen LogP contribution in [0.3, 0.4) is 0 Å². The van der Waals surface area contributed by atoms with E-state index in [1.807, 2.05) is 11.4 Å². The van der Waals surface area contributed by atoms with E-state index in [4.69, 9.17) is 11.6 Å². The van der Waals surface area contributed by atoms with Crippen molar-refractivity contribution in [3.05, 3.63) is 45.6 Å². The lowest BCUT2D eigenvalue weighted by molar-refractivity contribution is -0.117. The minimum Gasteiger partial charge on any atom is -0.326 e. The maximum absolute atomic E-state index is 12.1. The van der Waals surface area contributed by atoms with Gasteiger partial charge in [-0.2, -0.15) is 0 Å². The van der Waals surface area contributed by atoms with Gasteiger partial charge in [0, 0.05) is 29.4 Å². The Labute approximate surface area is 154 Å². The summed E-state index contributed by atoms with van der Waals surface area (Å²) in [7, 11) is 1.57. The second-order valence-electron chi connectivity index (χ2n) is 5.70. The number of likely N-dealkylation sites (N-methyl/N-ethyl adjacent to an activating group) is 1. The van der Waals surface area contributed by atoms with Crippen LogP contribution >= 0.6 is 22.9 Å².